The molecule has 0 radical (unpaired) electrons. The Balaban J connectivity index is 2.33. The van der Waals surface area contributed by atoms with Crippen molar-refractivity contribution in [2.24, 2.45) is 0 Å². The zero-order valence-electron chi connectivity index (χ0n) is 10.2. The van der Waals surface area contributed by atoms with Gasteiger partial charge in [0.05, 0.1) is 11.1 Å². The van der Waals surface area contributed by atoms with Crippen molar-refractivity contribution < 1.29 is 4.42 Å². The Morgan fingerprint density at radius 3 is 2.47 bits per heavy atom. The summed E-state index contributed by atoms with van der Waals surface area (Å²) in [5.74, 6) is 0.955. The first-order valence-electron chi connectivity index (χ1n) is 6.05. The predicted molar refractivity (Wildman–Crippen MR) is 74.7 cm³/mol. The smallest absolute Gasteiger partial charge is 0.121 e. The third kappa shape index (κ3) is 2.63. The Hall–Kier alpha value is -1.02. The summed E-state index contributed by atoms with van der Waals surface area (Å²) in [6.45, 7) is 4.40. The second-order valence-electron chi connectivity index (χ2n) is 4.11. The molecule has 1 heterocycles. The van der Waals surface area contributed by atoms with E-state index in [0.717, 1.165) is 18.6 Å². The monoisotopic (exact) mass is 292 g/mol. The number of halogens is 1. The first-order valence-corrected chi connectivity index (χ1v) is 6.97. The van der Waals surface area contributed by atoms with Gasteiger partial charge in [-0.05, 0) is 41.7 Å². The maximum Gasteiger partial charge on any atom is 0.121 e. The SMILES string of the molecule is CCc1ccc(C(Br)c2ccco2)cc1CC. The van der Waals surface area contributed by atoms with Crippen LogP contribution in [0.3, 0.4) is 0 Å². The molecule has 2 rings (SSSR count). The molecule has 17 heavy (non-hydrogen) atoms. The van der Waals surface area contributed by atoms with Crippen molar-refractivity contribution in [3.63, 3.8) is 0 Å². The van der Waals surface area contributed by atoms with Gasteiger partial charge < -0.3 is 4.42 Å². The fraction of sp³-hybridized carbons (Fsp3) is 0.333. The largest absolute Gasteiger partial charge is 0.468 e. The van der Waals surface area contributed by atoms with Gasteiger partial charge in [-0.3, -0.25) is 0 Å². The highest BCUT2D eigenvalue weighted by molar-refractivity contribution is 9.09. The molecular formula is C15H17BrO. The van der Waals surface area contributed by atoms with E-state index < -0.39 is 0 Å². The highest BCUT2D eigenvalue weighted by Crippen LogP contribution is 2.32. The van der Waals surface area contributed by atoms with Gasteiger partial charge in [0, 0.05) is 0 Å². The van der Waals surface area contributed by atoms with Gasteiger partial charge in [-0.25, -0.2) is 0 Å². The molecule has 2 aromatic rings. The summed E-state index contributed by atoms with van der Waals surface area (Å²) in [7, 11) is 0. The summed E-state index contributed by atoms with van der Waals surface area (Å²) < 4.78 is 5.43. The van der Waals surface area contributed by atoms with E-state index in [1.54, 1.807) is 6.26 Å². The lowest BCUT2D eigenvalue weighted by molar-refractivity contribution is 0.519. The zero-order chi connectivity index (χ0) is 12.3. The van der Waals surface area contributed by atoms with Crippen LogP contribution in [0.1, 0.15) is 41.1 Å². The van der Waals surface area contributed by atoms with Crippen molar-refractivity contribution in [1.29, 1.82) is 0 Å². The molecule has 1 nitrogen and oxygen atoms in total. The number of rotatable bonds is 4. The van der Waals surface area contributed by atoms with E-state index in [1.165, 1.54) is 16.7 Å². The van der Waals surface area contributed by atoms with Crippen LogP contribution in [0.5, 0.6) is 0 Å². The fourth-order valence-corrected chi connectivity index (χ4v) is 2.62. The lowest BCUT2D eigenvalue weighted by Gasteiger charge is -2.12. The summed E-state index contributed by atoms with van der Waals surface area (Å²) in [5, 5.41) is 0. The molecule has 0 N–H and O–H groups in total. The predicted octanol–water partition coefficient (Wildman–Crippen LogP) is 4.89. The number of hydrogen-bond donors (Lipinski definition) is 0. The molecule has 1 atom stereocenters. The minimum Gasteiger partial charge on any atom is -0.468 e. The molecular weight excluding hydrogens is 276 g/mol. The second kappa shape index (κ2) is 5.54. The summed E-state index contributed by atoms with van der Waals surface area (Å²) in [4.78, 5) is 0.147. The van der Waals surface area contributed by atoms with Crippen LogP contribution in [-0.4, -0.2) is 0 Å². The van der Waals surface area contributed by atoms with Gasteiger partial charge >= 0.3 is 0 Å². The molecule has 1 aromatic carbocycles. The minimum absolute atomic E-state index is 0.147. The number of benzene rings is 1. The van der Waals surface area contributed by atoms with E-state index in [-0.39, 0.29) is 4.83 Å². The van der Waals surface area contributed by atoms with Gasteiger partial charge in [0.25, 0.3) is 0 Å². The summed E-state index contributed by atoms with van der Waals surface area (Å²) >= 11 is 3.69. The highest BCUT2D eigenvalue weighted by Gasteiger charge is 2.14. The normalized spacial score (nSPS) is 12.6. The van der Waals surface area contributed by atoms with Crippen molar-refractivity contribution >= 4 is 15.9 Å². The Bertz CT molecular complexity index is 474. The van der Waals surface area contributed by atoms with E-state index in [9.17, 15) is 0 Å². The summed E-state index contributed by atoms with van der Waals surface area (Å²) in [6, 6.07) is 10.6. The molecule has 0 aliphatic heterocycles. The number of furan rings is 1. The van der Waals surface area contributed by atoms with Gasteiger partial charge in [-0.1, -0.05) is 48.0 Å². The Morgan fingerprint density at radius 2 is 1.88 bits per heavy atom. The number of hydrogen-bond acceptors (Lipinski definition) is 1. The molecule has 0 amide bonds. The molecule has 0 spiro atoms. The van der Waals surface area contributed by atoms with Gasteiger partial charge in [-0.15, -0.1) is 0 Å². The van der Waals surface area contributed by atoms with Crippen molar-refractivity contribution in [1.82, 2.24) is 0 Å². The Kier molecular flexibility index (Phi) is 4.06. The van der Waals surface area contributed by atoms with Crippen molar-refractivity contribution in [2.45, 2.75) is 31.5 Å². The van der Waals surface area contributed by atoms with E-state index in [0.29, 0.717) is 0 Å². The van der Waals surface area contributed by atoms with Crippen LogP contribution in [0.25, 0.3) is 0 Å². The van der Waals surface area contributed by atoms with Crippen LogP contribution in [0.15, 0.2) is 41.0 Å². The highest BCUT2D eigenvalue weighted by atomic mass is 79.9. The average molecular weight is 293 g/mol. The second-order valence-corrected chi connectivity index (χ2v) is 5.03. The Labute approximate surface area is 111 Å². The molecule has 0 saturated carbocycles. The van der Waals surface area contributed by atoms with Gasteiger partial charge in [0.2, 0.25) is 0 Å². The van der Waals surface area contributed by atoms with E-state index >= 15 is 0 Å². The molecule has 0 fully saturated rings. The molecule has 90 valence electrons. The van der Waals surface area contributed by atoms with E-state index in [2.05, 4.69) is 48.0 Å². The van der Waals surface area contributed by atoms with Crippen LogP contribution >= 0.6 is 15.9 Å². The zero-order valence-corrected chi connectivity index (χ0v) is 11.8. The van der Waals surface area contributed by atoms with Crippen molar-refractivity contribution in [3.8, 4) is 0 Å². The molecule has 0 aliphatic rings. The number of aryl methyl sites for hydroxylation is 2. The average Bonchev–Trinajstić information content (AvgIpc) is 2.90. The minimum atomic E-state index is 0.147. The Morgan fingerprint density at radius 1 is 1.12 bits per heavy atom. The maximum atomic E-state index is 5.43. The first kappa shape index (κ1) is 12.4. The van der Waals surface area contributed by atoms with Crippen molar-refractivity contribution in [3.05, 3.63) is 59.0 Å². The molecule has 2 heteroatoms. The third-order valence-corrected chi connectivity index (χ3v) is 4.06. The van der Waals surface area contributed by atoms with Gasteiger partial charge in [0.1, 0.15) is 5.76 Å². The van der Waals surface area contributed by atoms with Crippen LogP contribution in [0.4, 0.5) is 0 Å². The van der Waals surface area contributed by atoms with Crippen LogP contribution < -0.4 is 0 Å². The van der Waals surface area contributed by atoms with Gasteiger partial charge in [-0.2, -0.15) is 0 Å². The molecule has 0 bridgehead atoms. The maximum absolute atomic E-state index is 5.43. The molecule has 0 saturated heterocycles. The van der Waals surface area contributed by atoms with E-state index in [4.69, 9.17) is 4.42 Å². The standard InChI is InChI=1S/C15H17BrO/c1-3-11-7-8-13(10-12(11)4-2)15(16)14-6-5-9-17-14/h5-10,15H,3-4H2,1-2H3. The topological polar surface area (TPSA) is 13.1 Å². The molecule has 0 aliphatic carbocycles. The summed E-state index contributed by atoms with van der Waals surface area (Å²) in [5.41, 5.74) is 4.13. The summed E-state index contributed by atoms with van der Waals surface area (Å²) in [6.07, 6.45) is 3.89. The quantitative estimate of drug-likeness (QED) is 0.732. The molecule has 1 aromatic heterocycles. The lowest BCUT2D eigenvalue weighted by Crippen LogP contribution is -1.96. The first-order chi connectivity index (χ1) is 8.26. The van der Waals surface area contributed by atoms with Crippen LogP contribution in [0.2, 0.25) is 0 Å². The number of alkyl halides is 1. The van der Waals surface area contributed by atoms with Crippen molar-refractivity contribution in [2.75, 3.05) is 0 Å². The fourth-order valence-electron chi connectivity index (χ4n) is 2.08. The van der Waals surface area contributed by atoms with Crippen LogP contribution in [-0.2, 0) is 12.8 Å². The lowest BCUT2D eigenvalue weighted by atomic mass is 9.98. The molecule has 1 unspecified atom stereocenters. The van der Waals surface area contributed by atoms with Crippen LogP contribution in [0, 0.1) is 0 Å². The van der Waals surface area contributed by atoms with E-state index in [1.807, 2.05) is 12.1 Å². The van der Waals surface area contributed by atoms with Gasteiger partial charge in [0.15, 0.2) is 0 Å². The third-order valence-electron chi connectivity index (χ3n) is 3.08.